The number of hydrogen-bond acceptors (Lipinski definition) is 8. The maximum atomic E-state index is 12.9. The number of esters is 1. The molecule has 0 saturated carbocycles. The summed E-state index contributed by atoms with van der Waals surface area (Å²) in [7, 11) is 1.27. The zero-order valence-electron chi connectivity index (χ0n) is 22.1. The molecule has 2 aromatic carbocycles. The van der Waals surface area contributed by atoms with Crippen molar-refractivity contribution >= 4 is 45.4 Å². The quantitative estimate of drug-likeness (QED) is 0.128. The van der Waals surface area contributed by atoms with E-state index in [0.29, 0.717) is 0 Å². The van der Waals surface area contributed by atoms with Crippen molar-refractivity contribution in [1.29, 1.82) is 0 Å². The Morgan fingerprint density at radius 1 is 1.18 bits per heavy atom. The van der Waals surface area contributed by atoms with Crippen LogP contribution in [0.25, 0.3) is 10.9 Å². The summed E-state index contributed by atoms with van der Waals surface area (Å²) in [6.07, 6.45) is 3.69. The smallest absolute Gasteiger partial charge is 0.354 e. The zero-order chi connectivity index (χ0) is 27.7. The fourth-order valence-electron chi connectivity index (χ4n) is 5.97. The number of nitrogens with zero attached hydrogens (tertiary/aromatic N) is 4. The van der Waals surface area contributed by atoms with Gasteiger partial charge in [0.2, 0.25) is 5.71 Å². The molecule has 0 bridgehead atoms. The monoisotopic (exact) mass is 612 g/mol. The van der Waals surface area contributed by atoms with Gasteiger partial charge in [-0.3, -0.25) is 25.7 Å². The van der Waals surface area contributed by atoms with Crippen LogP contribution in [0, 0.1) is 25.6 Å². The lowest BCUT2D eigenvalue weighted by Gasteiger charge is -2.37. The number of nitrogens with one attached hydrogen (secondary N) is 2. The number of benzene rings is 2. The van der Waals surface area contributed by atoms with Gasteiger partial charge >= 0.3 is 11.7 Å². The van der Waals surface area contributed by atoms with Crippen molar-refractivity contribution in [2.24, 2.45) is 10.5 Å². The number of ether oxygens (including phenoxy) is 1. The number of H-pyrrole nitrogens is 1. The first-order chi connectivity index (χ1) is 18.8. The molecule has 2 aliphatic rings. The van der Waals surface area contributed by atoms with Gasteiger partial charge in [-0.05, 0) is 30.5 Å². The van der Waals surface area contributed by atoms with Crippen LogP contribution in [-0.4, -0.2) is 57.0 Å². The van der Waals surface area contributed by atoms with Gasteiger partial charge in [-0.1, -0.05) is 25.1 Å². The minimum absolute atomic E-state index is 0. The number of aromatic amines is 1. The fraction of sp³-hybridized carbons (Fsp3) is 0.370. The van der Waals surface area contributed by atoms with Crippen LogP contribution in [0.2, 0.25) is 0 Å². The second-order valence-corrected chi connectivity index (χ2v) is 9.90. The zero-order valence-corrected chi connectivity index (χ0v) is 23.7. The Bertz CT molecular complexity index is 1560. The molecule has 12 nitrogen and oxygen atoms in total. The molecule has 0 saturated heterocycles. The number of methoxy groups -OCH3 is 1. The van der Waals surface area contributed by atoms with Crippen molar-refractivity contribution in [2.45, 2.75) is 39.0 Å². The molecule has 3 aromatic rings. The Hall–Kier alpha value is -4.13. The minimum atomic E-state index is -0.732. The van der Waals surface area contributed by atoms with Crippen molar-refractivity contribution in [3.63, 3.8) is 0 Å². The average Bonchev–Trinajstić information content (AvgIpc) is 3.33. The van der Waals surface area contributed by atoms with Gasteiger partial charge in [0.1, 0.15) is 30.2 Å². The first-order valence-corrected chi connectivity index (χ1v) is 12.8. The van der Waals surface area contributed by atoms with E-state index in [9.17, 15) is 25.0 Å². The molecule has 0 radical (unpaired) electrons. The number of fused-ring (bicyclic) bond motifs is 4. The molecule has 1 unspecified atom stereocenters. The number of non-ortho nitro benzene ring substituents is 1. The lowest BCUT2D eigenvalue weighted by atomic mass is 9.68. The second kappa shape index (κ2) is 11.5. The Kier molecular flexibility index (Phi) is 8.33. The summed E-state index contributed by atoms with van der Waals surface area (Å²) in [5.41, 5.74) is 5.86. The summed E-state index contributed by atoms with van der Waals surface area (Å²) >= 11 is 0. The van der Waals surface area contributed by atoms with Crippen molar-refractivity contribution in [2.75, 3.05) is 25.6 Å². The Morgan fingerprint density at radius 2 is 1.95 bits per heavy atom. The Balaban J connectivity index is 0.00000370. The van der Waals surface area contributed by atoms with Gasteiger partial charge in [-0.25, -0.2) is 9.37 Å². The van der Waals surface area contributed by atoms with E-state index in [1.165, 1.54) is 24.1 Å². The van der Waals surface area contributed by atoms with E-state index < -0.39 is 32.6 Å². The molecule has 5 rings (SSSR count). The second-order valence-electron chi connectivity index (χ2n) is 9.90. The van der Waals surface area contributed by atoms with E-state index in [4.69, 9.17) is 4.74 Å². The standard InChI is InChI=1S/C27H28N6O6.BrH/c1-3-27(12-6-13-31-14-11-19-18-7-4-5-8-20(18)28-24(19)25(27)31)16-22(26(34)39-2)30-29-21-10-9-17(32(35)36)15-23(21)33(37)38;/h4-5,7-10,15H,3,6,11-14,16H2,1-2H3,(H,29,34);1H. The molecule has 0 spiro atoms. The number of nitro benzene ring substituents is 2. The van der Waals surface area contributed by atoms with E-state index in [0.717, 1.165) is 67.8 Å². The summed E-state index contributed by atoms with van der Waals surface area (Å²) in [4.78, 5) is 37.8. The van der Waals surface area contributed by atoms with Gasteiger partial charge in [0, 0.05) is 36.2 Å². The number of halogens is 1. The molecule has 210 valence electrons. The minimum Gasteiger partial charge on any atom is -1.00 e. The van der Waals surface area contributed by atoms with Crippen LogP contribution in [0.1, 0.15) is 43.9 Å². The Labute approximate surface area is 240 Å². The molecule has 3 heterocycles. The molecule has 0 fully saturated rings. The summed E-state index contributed by atoms with van der Waals surface area (Å²) in [5, 5.41) is 28.2. The highest BCUT2D eigenvalue weighted by atomic mass is 79.9. The Morgan fingerprint density at radius 3 is 2.65 bits per heavy atom. The van der Waals surface area contributed by atoms with Crippen molar-refractivity contribution in [3.05, 3.63) is 74.0 Å². The summed E-state index contributed by atoms with van der Waals surface area (Å²) < 4.78 is 7.45. The number of anilines is 1. The molecular weight excluding hydrogens is 584 g/mol. The van der Waals surface area contributed by atoms with E-state index >= 15 is 0 Å². The number of aromatic nitrogens is 1. The van der Waals surface area contributed by atoms with Crippen molar-refractivity contribution in [3.8, 4) is 0 Å². The number of carbonyl (C=O) groups excluding carboxylic acids is 1. The van der Waals surface area contributed by atoms with Crippen LogP contribution >= 0.6 is 0 Å². The van der Waals surface area contributed by atoms with E-state index in [-0.39, 0.29) is 34.8 Å². The lowest BCUT2D eigenvalue weighted by Crippen LogP contribution is -3.00. The number of rotatable bonds is 8. The average molecular weight is 613 g/mol. The molecule has 0 aliphatic carbocycles. The number of nitro groups is 2. The van der Waals surface area contributed by atoms with Crippen molar-refractivity contribution < 1.29 is 40.9 Å². The van der Waals surface area contributed by atoms with Crippen molar-refractivity contribution in [1.82, 2.24) is 4.98 Å². The number of hydrazone groups is 1. The van der Waals surface area contributed by atoms with Gasteiger partial charge in [-0.2, -0.15) is 5.10 Å². The van der Waals surface area contributed by atoms with E-state index in [1.54, 1.807) is 0 Å². The van der Waals surface area contributed by atoms with Crippen LogP contribution in [0.3, 0.4) is 0 Å². The van der Waals surface area contributed by atoms with E-state index in [2.05, 4.69) is 39.1 Å². The predicted molar refractivity (Wildman–Crippen MR) is 146 cm³/mol. The van der Waals surface area contributed by atoms with Gasteiger partial charge < -0.3 is 26.7 Å². The molecule has 2 aliphatic heterocycles. The summed E-state index contributed by atoms with van der Waals surface area (Å²) in [5.74, 6) is -0.648. The van der Waals surface area contributed by atoms with Crippen LogP contribution in [0.5, 0.6) is 0 Å². The van der Waals surface area contributed by atoms with Gasteiger partial charge in [0.15, 0.2) is 0 Å². The molecule has 1 aromatic heterocycles. The predicted octanol–water partition coefficient (Wildman–Crippen LogP) is 1.57. The van der Waals surface area contributed by atoms with Crippen LogP contribution in [0.4, 0.5) is 17.1 Å². The molecule has 13 heteroatoms. The maximum Gasteiger partial charge on any atom is 0.354 e. The number of carbonyl (C=O) groups is 1. The molecule has 1 atom stereocenters. The van der Waals surface area contributed by atoms with Crippen LogP contribution < -0.4 is 22.4 Å². The van der Waals surface area contributed by atoms with Gasteiger partial charge in [-0.15, -0.1) is 0 Å². The lowest BCUT2D eigenvalue weighted by molar-refractivity contribution is -0.538. The largest absolute Gasteiger partial charge is 1.00 e. The fourth-order valence-corrected chi connectivity index (χ4v) is 5.97. The molecule has 2 N–H and O–H groups in total. The third kappa shape index (κ3) is 5.08. The van der Waals surface area contributed by atoms with Gasteiger partial charge in [0.05, 0.1) is 28.4 Å². The maximum absolute atomic E-state index is 12.9. The first-order valence-electron chi connectivity index (χ1n) is 12.8. The van der Waals surface area contributed by atoms with Gasteiger partial charge in [0.25, 0.3) is 5.69 Å². The SMILES string of the molecule is CCC1(CC(=NNc2ccc([N+](=O)[O-])cc2[N+](=O)[O-])C(=O)OC)CCC[N+]2=C1c1[nH]c3ccccc3c1CC2.[Br-]. The van der Waals surface area contributed by atoms with E-state index in [1.807, 2.05) is 12.1 Å². The highest BCUT2D eigenvalue weighted by Gasteiger charge is 2.49. The third-order valence-electron chi connectivity index (χ3n) is 7.89. The first kappa shape index (κ1) is 28.9. The topological polar surface area (TPSA) is 156 Å². The highest BCUT2D eigenvalue weighted by Crippen LogP contribution is 2.43. The summed E-state index contributed by atoms with van der Waals surface area (Å²) in [6.45, 7) is 3.89. The van der Waals surface area contributed by atoms with Crippen LogP contribution in [0.15, 0.2) is 47.6 Å². The highest BCUT2D eigenvalue weighted by molar-refractivity contribution is 6.37. The molecular formula is C27H29BrN6O6. The third-order valence-corrected chi connectivity index (χ3v) is 7.89. The van der Waals surface area contributed by atoms with Crippen LogP contribution in [-0.2, 0) is 16.0 Å². The molecule has 40 heavy (non-hydrogen) atoms. The number of hydrogen-bond donors (Lipinski definition) is 2. The summed E-state index contributed by atoms with van der Waals surface area (Å²) in [6, 6.07) is 11.4. The number of para-hydroxylation sites is 1. The molecule has 0 amide bonds. The normalized spacial score (nSPS) is 18.4.